The predicted octanol–water partition coefficient (Wildman–Crippen LogP) is 6.96. The third-order valence-electron chi connectivity index (χ3n) is 9.62. The third-order valence-corrected chi connectivity index (χ3v) is 9.62. The lowest BCUT2D eigenvalue weighted by molar-refractivity contribution is 0.0883. The van der Waals surface area contributed by atoms with Gasteiger partial charge in [-0.05, 0) is 69.9 Å². The van der Waals surface area contributed by atoms with Crippen molar-refractivity contribution in [1.29, 1.82) is 0 Å². The minimum absolute atomic E-state index is 0.0812. The van der Waals surface area contributed by atoms with Gasteiger partial charge in [-0.25, -0.2) is 4.98 Å². The first kappa shape index (κ1) is 28.8. The molecule has 3 aliphatic heterocycles. The van der Waals surface area contributed by atoms with E-state index in [1.807, 2.05) is 48.5 Å². The first-order chi connectivity index (χ1) is 21.7. The van der Waals surface area contributed by atoms with Crippen molar-refractivity contribution in [3.8, 4) is 22.8 Å². The highest BCUT2D eigenvalue weighted by atomic mass is 16.7. The number of ether oxygens (including phenoxy) is 2. The summed E-state index contributed by atoms with van der Waals surface area (Å²) in [6.45, 7) is 7.44. The van der Waals surface area contributed by atoms with Crippen molar-refractivity contribution in [2.75, 3.05) is 33.0 Å². The number of rotatable bonds is 8. The first-order valence-corrected chi connectivity index (χ1v) is 16.3. The molecule has 2 fully saturated rings. The molecule has 228 valence electrons. The molecule has 0 aliphatic carbocycles. The molecule has 0 spiro atoms. The zero-order chi connectivity index (χ0) is 29.9. The van der Waals surface area contributed by atoms with Crippen molar-refractivity contribution < 1.29 is 14.3 Å². The van der Waals surface area contributed by atoms with E-state index in [1.165, 1.54) is 32.4 Å². The van der Waals surface area contributed by atoms with E-state index < -0.39 is 0 Å². The molecule has 0 radical (unpaired) electrons. The molecule has 1 atom stereocenters. The molecule has 7 heteroatoms. The number of pyridine rings is 1. The molecule has 3 aromatic carbocycles. The largest absolute Gasteiger partial charge is 0.454 e. The summed E-state index contributed by atoms with van der Waals surface area (Å²) in [6.07, 6.45) is 7.11. The van der Waals surface area contributed by atoms with E-state index in [1.54, 1.807) is 0 Å². The van der Waals surface area contributed by atoms with E-state index in [9.17, 15) is 4.79 Å². The summed E-state index contributed by atoms with van der Waals surface area (Å²) in [5, 5.41) is 4.20. The lowest BCUT2D eigenvalue weighted by Crippen LogP contribution is -2.46. The van der Waals surface area contributed by atoms with Crippen LogP contribution in [0.1, 0.15) is 73.0 Å². The highest BCUT2D eigenvalue weighted by molar-refractivity contribution is 6.09. The molecule has 4 heterocycles. The maximum atomic E-state index is 14.6. The number of piperidine rings is 2. The van der Waals surface area contributed by atoms with Gasteiger partial charge in [0.05, 0.1) is 22.8 Å². The number of fused-ring (bicyclic) bond motifs is 2. The number of nitrogens with zero attached hydrogens (tertiary/aromatic N) is 3. The maximum Gasteiger partial charge on any atom is 0.252 e. The van der Waals surface area contributed by atoms with Crippen LogP contribution in [-0.2, 0) is 6.54 Å². The number of aromatic nitrogens is 1. The van der Waals surface area contributed by atoms with Gasteiger partial charge in [-0.2, -0.15) is 0 Å². The van der Waals surface area contributed by atoms with Crippen LogP contribution < -0.4 is 14.8 Å². The Morgan fingerprint density at radius 1 is 0.909 bits per heavy atom. The van der Waals surface area contributed by atoms with E-state index in [0.29, 0.717) is 29.6 Å². The van der Waals surface area contributed by atoms with Crippen LogP contribution in [0.5, 0.6) is 11.5 Å². The summed E-state index contributed by atoms with van der Waals surface area (Å²) in [5.74, 6) is 1.24. The molecule has 7 nitrogen and oxygen atoms in total. The molecule has 7 rings (SSSR count). The highest BCUT2D eigenvalue weighted by Gasteiger charge is 2.30. The fourth-order valence-electron chi connectivity index (χ4n) is 7.23. The van der Waals surface area contributed by atoms with E-state index in [-0.39, 0.29) is 18.7 Å². The van der Waals surface area contributed by atoms with Gasteiger partial charge in [0.15, 0.2) is 11.5 Å². The van der Waals surface area contributed by atoms with E-state index in [0.717, 1.165) is 65.6 Å². The summed E-state index contributed by atoms with van der Waals surface area (Å²) >= 11 is 0. The number of hydrogen-bond acceptors (Lipinski definition) is 6. The van der Waals surface area contributed by atoms with Crippen molar-refractivity contribution in [3.63, 3.8) is 0 Å². The third kappa shape index (κ3) is 5.91. The van der Waals surface area contributed by atoms with Gasteiger partial charge in [0.1, 0.15) is 0 Å². The smallest absolute Gasteiger partial charge is 0.252 e. The Labute approximate surface area is 260 Å². The Morgan fingerprint density at radius 3 is 2.30 bits per heavy atom. The summed E-state index contributed by atoms with van der Waals surface area (Å²) in [4.78, 5) is 25.0. The zero-order valence-electron chi connectivity index (χ0n) is 25.6. The number of carbonyl (C=O) groups excluding carboxylic acids is 1. The Balaban J connectivity index is 1.30. The van der Waals surface area contributed by atoms with Gasteiger partial charge in [0.25, 0.3) is 5.91 Å². The highest BCUT2D eigenvalue weighted by Crippen LogP contribution is 2.40. The van der Waals surface area contributed by atoms with Crippen LogP contribution in [-0.4, -0.2) is 59.7 Å². The van der Waals surface area contributed by atoms with Gasteiger partial charge in [0, 0.05) is 35.2 Å². The Kier molecular flexibility index (Phi) is 8.49. The van der Waals surface area contributed by atoms with Crippen molar-refractivity contribution in [2.24, 2.45) is 0 Å². The molecule has 3 aliphatic rings. The van der Waals surface area contributed by atoms with Crippen LogP contribution in [0, 0.1) is 0 Å². The molecule has 44 heavy (non-hydrogen) atoms. The first-order valence-electron chi connectivity index (χ1n) is 16.3. The minimum atomic E-state index is -0.103. The van der Waals surface area contributed by atoms with Crippen LogP contribution in [0.15, 0.2) is 72.8 Å². The predicted molar refractivity (Wildman–Crippen MR) is 174 cm³/mol. The average Bonchev–Trinajstić information content (AvgIpc) is 3.55. The zero-order valence-corrected chi connectivity index (χ0v) is 25.6. The van der Waals surface area contributed by atoms with E-state index in [2.05, 4.69) is 46.3 Å². The Morgan fingerprint density at radius 2 is 1.59 bits per heavy atom. The van der Waals surface area contributed by atoms with Crippen molar-refractivity contribution in [3.05, 3.63) is 89.5 Å². The minimum Gasteiger partial charge on any atom is -0.454 e. The van der Waals surface area contributed by atoms with Crippen LogP contribution in [0.2, 0.25) is 0 Å². The van der Waals surface area contributed by atoms with Crippen LogP contribution in [0.4, 0.5) is 0 Å². The lowest BCUT2D eigenvalue weighted by atomic mass is 9.93. The normalized spacial score (nSPS) is 18.4. The van der Waals surface area contributed by atoms with Gasteiger partial charge in [-0.1, -0.05) is 74.0 Å². The fraction of sp³-hybridized carbons (Fsp3) is 0.405. The van der Waals surface area contributed by atoms with Crippen LogP contribution in [0.25, 0.3) is 22.2 Å². The second-order valence-corrected chi connectivity index (χ2v) is 12.4. The molecule has 2 saturated heterocycles. The summed E-state index contributed by atoms with van der Waals surface area (Å²) < 4.78 is 11.5. The van der Waals surface area contributed by atoms with Gasteiger partial charge in [-0.15, -0.1) is 0 Å². The number of likely N-dealkylation sites (tertiary alicyclic amines) is 2. The lowest BCUT2D eigenvalue weighted by Gasteiger charge is -2.40. The number of amides is 1. The van der Waals surface area contributed by atoms with Gasteiger partial charge in [0.2, 0.25) is 6.79 Å². The summed E-state index contributed by atoms with van der Waals surface area (Å²) in [6, 6.07) is 24.9. The molecular weight excluding hydrogens is 548 g/mol. The molecule has 1 amide bonds. The maximum absolute atomic E-state index is 14.6. The number of hydrogen-bond donors (Lipinski definition) is 1. The SMILES string of the molecule is CC[C@H](NC(=O)c1c(CN2CCC(N3CCCCC3)CC2)c(-c2ccccc2)nc2cc3c(cc12)OCO3)c1ccccc1. The molecule has 0 saturated carbocycles. The molecule has 0 unspecified atom stereocenters. The topological polar surface area (TPSA) is 66.9 Å². The summed E-state index contributed by atoms with van der Waals surface area (Å²) in [7, 11) is 0. The van der Waals surface area contributed by atoms with Crippen molar-refractivity contribution in [1.82, 2.24) is 20.1 Å². The van der Waals surface area contributed by atoms with Gasteiger partial charge < -0.3 is 19.7 Å². The van der Waals surface area contributed by atoms with Crippen molar-refractivity contribution >= 4 is 16.8 Å². The second kappa shape index (κ2) is 13.0. The Bertz CT molecular complexity index is 1600. The van der Waals surface area contributed by atoms with Gasteiger partial charge >= 0.3 is 0 Å². The van der Waals surface area contributed by atoms with Crippen molar-refractivity contribution in [2.45, 2.75) is 64.1 Å². The quantitative estimate of drug-likeness (QED) is 0.239. The molecule has 1 N–H and O–H groups in total. The second-order valence-electron chi connectivity index (χ2n) is 12.4. The number of carbonyl (C=O) groups is 1. The molecular formula is C37H42N4O3. The molecule has 1 aromatic heterocycles. The van der Waals surface area contributed by atoms with E-state index >= 15 is 0 Å². The number of nitrogens with one attached hydrogen (secondary N) is 1. The fourth-order valence-corrected chi connectivity index (χ4v) is 7.23. The Hall–Kier alpha value is -3.94. The van der Waals surface area contributed by atoms with Crippen LogP contribution in [0.3, 0.4) is 0 Å². The molecule has 4 aromatic rings. The van der Waals surface area contributed by atoms with Crippen LogP contribution >= 0.6 is 0 Å². The number of benzene rings is 3. The molecule has 0 bridgehead atoms. The van der Waals surface area contributed by atoms with E-state index in [4.69, 9.17) is 14.5 Å². The monoisotopic (exact) mass is 590 g/mol. The standard InChI is InChI=1S/C37H42N4O3/c1-2-31(26-12-6-3-7-13-26)39-37(42)35-29-22-33-34(44-25-43-33)23-32(29)38-36(27-14-8-4-9-15-27)30(35)24-40-20-16-28(17-21-40)41-18-10-5-11-19-41/h3-4,6-9,12-15,22-23,28,31H,2,5,10-11,16-21,24-25H2,1H3,(H,39,42)/t31-/m0/s1. The average molecular weight is 591 g/mol. The summed E-state index contributed by atoms with van der Waals surface area (Å²) in [5.41, 5.74) is 5.35. The van der Waals surface area contributed by atoms with Gasteiger partial charge in [-0.3, -0.25) is 9.69 Å².